The highest BCUT2D eigenvalue weighted by Gasteiger charge is 2.28. The number of aromatic nitrogens is 1. The number of benzene rings is 1. The van der Waals surface area contributed by atoms with Crippen molar-refractivity contribution in [3.05, 3.63) is 29.3 Å². The van der Waals surface area contributed by atoms with Gasteiger partial charge in [0.25, 0.3) is 0 Å². The molecule has 0 saturated heterocycles. The summed E-state index contributed by atoms with van der Waals surface area (Å²) < 4.78 is 6.24. The summed E-state index contributed by atoms with van der Waals surface area (Å²) in [5, 5.41) is 3.12. The first-order valence-corrected chi connectivity index (χ1v) is 8.86. The first-order valence-electron chi connectivity index (χ1n) is 8.05. The number of hydrogen-bond acceptors (Lipinski definition) is 5. The minimum absolute atomic E-state index is 0.171. The number of fused-ring (bicyclic) bond motifs is 1. The topological polar surface area (TPSA) is 68.3 Å². The zero-order chi connectivity index (χ0) is 17.9. The third-order valence-corrected chi connectivity index (χ3v) is 4.27. The van der Waals surface area contributed by atoms with Crippen molar-refractivity contribution in [1.29, 1.82) is 0 Å². The molecule has 2 rings (SSSR count). The van der Waals surface area contributed by atoms with E-state index in [1.165, 1.54) is 11.3 Å². The maximum atomic E-state index is 12.8. The predicted molar refractivity (Wildman–Crippen MR) is 96.6 cm³/mol. The van der Waals surface area contributed by atoms with E-state index in [2.05, 4.69) is 10.3 Å². The number of carbonyl (C=O) groups excluding carboxylic acids is 2. The van der Waals surface area contributed by atoms with Crippen LogP contribution in [0.15, 0.2) is 24.3 Å². The van der Waals surface area contributed by atoms with Crippen LogP contribution in [-0.2, 0) is 4.74 Å². The molecule has 0 bridgehead atoms. The molecule has 6 heteroatoms. The highest BCUT2D eigenvalue weighted by Crippen LogP contribution is 2.24. The number of Topliss-reactive ketones (excluding diaryl/α,β-unsaturated/α-hetero) is 1. The Balaban J connectivity index is 2.19. The van der Waals surface area contributed by atoms with Gasteiger partial charge in [-0.25, -0.2) is 9.78 Å². The number of carbonyl (C=O) groups is 2. The van der Waals surface area contributed by atoms with Crippen LogP contribution < -0.4 is 5.32 Å². The van der Waals surface area contributed by atoms with Crippen molar-refractivity contribution in [3.8, 4) is 0 Å². The molecule has 0 aliphatic heterocycles. The van der Waals surface area contributed by atoms with E-state index in [9.17, 15) is 9.59 Å². The van der Waals surface area contributed by atoms with E-state index in [1.54, 1.807) is 20.8 Å². The molecular formula is C18H24N2O3S. The molecule has 24 heavy (non-hydrogen) atoms. The predicted octanol–water partition coefficient (Wildman–Crippen LogP) is 4.42. The zero-order valence-corrected chi connectivity index (χ0v) is 15.6. The molecule has 1 N–H and O–H groups in total. The third-order valence-electron chi connectivity index (χ3n) is 3.22. The molecule has 1 atom stereocenters. The summed E-state index contributed by atoms with van der Waals surface area (Å²) in [6, 6.07) is 6.98. The Bertz CT molecular complexity index is 698. The highest BCUT2D eigenvalue weighted by molar-refractivity contribution is 7.20. The van der Waals surface area contributed by atoms with Gasteiger partial charge in [0.2, 0.25) is 5.78 Å². The second-order valence-corrected chi connectivity index (χ2v) is 8.21. The van der Waals surface area contributed by atoms with Gasteiger partial charge in [-0.2, -0.15) is 0 Å². The molecule has 0 radical (unpaired) electrons. The van der Waals surface area contributed by atoms with Crippen molar-refractivity contribution in [1.82, 2.24) is 10.3 Å². The molecule has 130 valence electrons. The van der Waals surface area contributed by atoms with Gasteiger partial charge in [0.1, 0.15) is 5.60 Å². The van der Waals surface area contributed by atoms with E-state index in [4.69, 9.17) is 4.74 Å². The summed E-state index contributed by atoms with van der Waals surface area (Å²) in [5.41, 5.74) is 0.192. The summed E-state index contributed by atoms with van der Waals surface area (Å²) in [7, 11) is 0. The Hall–Kier alpha value is -1.95. The summed E-state index contributed by atoms with van der Waals surface area (Å²) in [4.78, 5) is 29.3. The molecule has 0 spiro atoms. The van der Waals surface area contributed by atoms with Crippen LogP contribution in [0.4, 0.5) is 4.79 Å². The number of nitrogens with zero attached hydrogens (tertiary/aromatic N) is 1. The van der Waals surface area contributed by atoms with Crippen LogP contribution in [0.3, 0.4) is 0 Å². The van der Waals surface area contributed by atoms with Gasteiger partial charge in [-0.15, -0.1) is 11.3 Å². The van der Waals surface area contributed by atoms with E-state index in [0.717, 1.165) is 10.2 Å². The van der Waals surface area contributed by atoms with Gasteiger partial charge in [-0.3, -0.25) is 4.79 Å². The lowest BCUT2D eigenvalue weighted by Gasteiger charge is -2.23. The molecule has 1 aromatic heterocycles. The Morgan fingerprint density at radius 1 is 1.25 bits per heavy atom. The molecule has 1 unspecified atom stereocenters. The summed E-state index contributed by atoms with van der Waals surface area (Å²) in [5.74, 6) is 0.0824. The number of nitrogens with one attached hydrogen (secondary N) is 1. The summed E-state index contributed by atoms with van der Waals surface area (Å²) in [6.07, 6.45) is -0.0452. The van der Waals surface area contributed by atoms with Gasteiger partial charge < -0.3 is 10.1 Å². The number of ketones is 1. The first-order chi connectivity index (χ1) is 11.2. The molecule has 0 fully saturated rings. The van der Waals surface area contributed by atoms with Crippen molar-refractivity contribution in [2.75, 3.05) is 0 Å². The van der Waals surface area contributed by atoms with Crippen LogP contribution in [0.1, 0.15) is 50.8 Å². The average molecular weight is 348 g/mol. The van der Waals surface area contributed by atoms with Crippen molar-refractivity contribution in [3.63, 3.8) is 0 Å². The largest absolute Gasteiger partial charge is 0.444 e. The molecule has 0 aliphatic carbocycles. The summed E-state index contributed by atoms with van der Waals surface area (Å²) in [6.45, 7) is 9.39. The smallest absolute Gasteiger partial charge is 0.408 e. The van der Waals surface area contributed by atoms with Crippen LogP contribution in [0, 0.1) is 5.92 Å². The van der Waals surface area contributed by atoms with E-state index >= 15 is 0 Å². The maximum Gasteiger partial charge on any atom is 0.408 e. The Labute approximate surface area is 146 Å². The fourth-order valence-corrected chi connectivity index (χ4v) is 3.24. The SMILES string of the molecule is CC(C)CC(NC(=O)OC(C)(C)C)C(=O)c1nc2ccccc2s1. The standard InChI is InChI=1S/C18H24N2O3S/c1-11(2)10-13(20-17(22)23-18(3,4)5)15(21)16-19-12-8-6-7-9-14(12)24-16/h6-9,11,13H,10H2,1-5H3,(H,20,22). The quantitative estimate of drug-likeness (QED) is 0.812. The molecular weight excluding hydrogens is 324 g/mol. The molecule has 1 aromatic carbocycles. The van der Waals surface area contributed by atoms with Crippen molar-refractivity contribution >= 4 is 33.4 Å². The fraction of sp³-hybridized carbons (Fsp3) is 0.500. The Morgan fingerprint density at radius 2 is 1.92 bits per heavy atom. The van der Waals surface area contributed by atoms with E-state index in [-0.39, 0.29) is 11.7 Å². The number of rotatable bonds is 5. The molecule has 0 aliphatic rings. The van der Waals surface area contributed by atoms with Gasteiger partial charge >= 0.3 is 6.09 Å². The van der Waals surface area contributed by atoms with Gasteiger partial charge in [0, 0.05) is 0 Å². The highest BCUT2D eigenvalue weighted by atomic mass is 32.1. The number of hydrogen-bond donors (Lipinski definition) is 1. The lowest BCUT2D eigenvalue weighted by atomic mass is 10.0. The number of ether oxygens (including phenoxy) is 1. The van der Waals surface area contributed by atoms with E-state index in [0.29, 0.717) is 11.4 Å². The number of alkyl carbamates (subject to hydrolysis) is 1. The second kappa shape index (κ2) is 7.30. The molecule has 0 saturated carbocycles. The lowest BCUT2D eigenvalue weighted by Crippen LogP contribution is -2.44. The van der Waals surface area contributed by atoms with Gasteiger partial charge in [-0.1, -0.05) is 26.0 Å². The normalized spacial score (nSPS) is 13.1. The first kappa shape index (κ1) is 18.4. The van der Waals surface area contributed by atoms with Crippen LogP contribution in [0.25, 0.3) is 10.2 Å². The fourth-order valence-electron chi connectivity index (χ4n) is 2.28. The Kier molecular flexibility index (Phi) is 5.59. The summed E-state index contributed by atoms with van der Waals surface area (Å²) >= 11 is 1.35. The van der Waals surface area contributed by atoms with Crippen LogP contribution in [-0.4, -0.2) is 28.5 Å². The zero-order valence-electron chi connectivity index (χ0n) is 14.8. The number of thiazole rings is 1. The van der Waals surface area contributed by atoms with Crippen molar-refractivity contribution in [2.45, 2.75) is 52.7 Å². The number of para-hydroxylation sites is 1. The van der Waals surface area contributed by atoms with Gasteiger partial charge in [0.05, 0.1) is 16.3 Å². The average Bonchev–Trinajstić information content (AvgIpc) is 2.87. The van der Waals surface area contributed by atoms with E-state index in [1.807, 2.05) is 38.1 Å². The van der Waals surface area contributed by atoms with Crippen molar-refractivity contribution in [2.24, 2.45) is 5.92 Å². The minimum Gasteiger partial charge on any atom is -0.444 e. The van der Waals surface area contributed by atoms with Crippen LogP contribution in [0.5, 0.6) is 0 Å². The maximum absolute atomic E-state index is 12.8. The van der Waals surface area contributed by atoms with Gasteiger partial charge in [-0.05, 0) is 45.2 Å². The molecule has 1 heterocycles. The number of amides is 1. The van der Waals surface area contributed by atoms with Gasteiger partial charge in [0.15, 0.2) is 5.01 Å². The van der Waals surface area contributed by atoms with E-state index < -0.39 is 17.7 Å². The van der Waals surface area contributed by atoms with Crippen LogP contribution >= 0.6 is 11.3 Å². The minimum atomic E-state index is -0.639. The Morgan fingerprint density at radius 3 is 2.50 bits per heavy atom. The van der Waals surface area contributed by atoms with Crippen molar-refractivity contribution < 1.29 is 14.3 Å². The molecule has 1 amide bonds. The second-order valence-electron chi connectivity index (χ2n) is 7.18. The van der Waals surface area contributed by atoms with Crippen LogP contribution in [0.2, 0.25) is 0 Å². The molecule has 2 aromatic rings. The lowest BCUT2D eigenvalue weighted by molar-refractivity contribution is 0.0485. The molecule has 5 nitrogen and oxygen atoms in total. The third kappa shape index (κ3) is 5.03. The monoisotopic (exact) mass is 348 g/mol.